The fraction of sp³-hybridized carbons (Fsp3) is 0.857. The van der Waals surface area contributed by atoms with Crippen molar-refractivity contribution < 1.29 is 14.1 Å². The van der Waals surface area contributed by atoms with Crippen LogP contribution in [0.3, 0.4) is 0 Å². The fourth-order valence-electron chi connectivity index (χ4n) is 2.85. The van der Waals surface area contributed by atoms with Gasteiger partial charge in [0.25, 0.3) is 0 Å². The Morgan fingerprint density at radius 1 is 1.42 bits per heavy atom. The van der Waals surface area contributed by atoms with Gasteiger partial charge in [-0.3, -0.25) is 19.2 Å². The molecule has 0 spiro atoms. The minimum absolute atomic E-state index is 0.0938. The Hall–Kier alpha value is -1.26. The molecule has 5 heteroatoms. The van der Waals surface area contributed by atoms with E-state index in [-0.39, 0.29) is 5.97 Å². The summed E-state index contributed by atoms with van der Waals surface area (Å²) in [6.07, 6.45) is 3.81. The van der Waals surface area contributed by atoms with E-state index in [1.165, 1.54) is 19.5 Å². The molecule has 1 rings (SSSR count). The largest absolute Gasteiger partial charge is 0.469 e. The molecule has 19 heavy (non-hydrogen) atoms. The van der Waals surface area contributed by atoms with E-state index in [9.17, 15) is 4.79 Å². The van der Waals surface area contributed by atoms with Gasteiger partial charge in [-0.1, -0.05) is 0 Å². The number of esters is 1. The van der Waals surface area contributed by atoms with Crippen LogP contribution in [0.5, 0.6) is 0 Å². The van der Waals surface area contributed by atoms with Crippen LogP contribution < -0.4 is 0 Å². The lowest BCUT2D eigenvalue weighted by molar-refractivity contribution is -0.475. The molecule has 0 aromatic rings. The molecular weight excluding hydrogens is 242 g/mol. The lowest BCUT2D eigenvalue weighted by Crippen LogP contribution is -2.44. The second-order valence-electron chi connectivity index (χ2n) is 5.66. The molecule has 0 N–H and O–H groups in total. The van der Waals surface area contributed by atoms with Crippen molar-refractivity contribution in [1.29, 1.82) is 0 Å². The quantitative estimate of drug-likeness (QED) is 0.328. The van der Waals surface area contributed by atoms with Crippen molar-refractivity contribution in [2.45, 2.75) is 25.7 Å². The van der Waals surface area contributed by atoms with Gasteiger partial charge in [0, 0.05) is 6.42 Å². The highest BCUT2D eigenvalue weighted by atomic mass is 16.5. The van der Waals surface area contributed by atoms with E-state index in [0.29, 0.717) is 12.3 Å². The van der Waals surface area contributed by atoms with Crippen LogP contribution in [-0.4, -0.2) is 74.7 Å². The predicted molar refractivity (Wildman–Crippen MR) is 76.3 cm³/mol. The first-order chi connectivity index (χ1) is 8.95. The third-order valence-corrected chi connectivity index (χ3v) is 3.59. The monoisotopic (exact) mass is 270 g/mol. The SMILES string of the molecule is COC(=O)CCCC1CCN(C(N(C)C)=[N+](C)C)C1. The summed E-state index contributed by atoms with van der Waals surface area (Å²) in [6.45, 7) is 2.20. The second-order valence-corrected chi connectivity index (χ2v) is 5.66. The van der Waals surface area contributed by atoms with E-state index in [1.807, 2.05) is 0 Å². The number of rotatable bonds is 4. The predicted octanol–water partition coefficient (Wildman–Crippen LogP) is 0.841. The number of guanidine groups is 1. The zero-order chi connectivity index (χ0) is 14.4. The van der Waals surface area contributed by atoms with Gasteiger partial charge in [0.1, 0.15) is 0 Å². The Labute approximate surface area is 116 Å². The summed E-state index contributed by atoms with van der Waals surface area (Å²) in [5.41, 5.74) is 0. The van der Waals surface area contributed by atoms with Gasteiger partial charge in [-0.25, -0.2) is 0 Å². The topological polar surface area (TPSA) is 35.8 Å². The molecule has 0 aromatic heterocycles. The smallest absolute Gasteiger partial charge is 0.349 e. The van der Waals surface area contributed by atoms with E-state index in [2.05, 4.69) is 47.3 Å². The molecule has 1 fully saturated rings. The molecule has 1 saturated heterocycles. The van der Waals surface area contributed by atoms with Crippen molar-refractivity contribution in [2.24, 2.45) is 5.92 Å². The molecule has 1 heterocycles. The maximum atomic E-state index is 11.1. The first kappa shape index (κ1) is 15.8. The van der Waals surface area contributed by atoms with Crippen molar-refractivity contribution in [3.8, 4) is 0 Å². The number of carbonyl (C=O) groups excluding carboxylic acids is 1. The lowest BCUT2D eigenvalue weighted by atomic mass is 10.0. The first-order valence-corrected chi connectivity index (χ1v) is 6.99. The van der Waals surface area contributed by atoms with E-state index in [0.717, 1.165) is 25.9 Å². The molecule has 0 bridgehead atoms. The third kappa shape index (κ3) is 4.73. The van der Waals surface area contributed by atoms with Crippen molar-refractivity contribution in [2.75, 3.05) is 48.4 Å². The van der Waals surface area contributed by atoms with Crippen LogP contribution in [0.15, 0.2) is 0 Å². The summed E-state index contributed by atoms with van der Waals surface area (Å²) in [6, 6.07) is 0. The maximum absolute atomic E-state index is 11.1. The number of carbonyl (C=O) groups is 1. The highest BCUT2D eigenvalue weighted by molar-refractivity contribution is 5.74. The maximum Gasteiger partial charge on any atom is 0.349 e. The molecule has 0 aliphatic carbocycles. The summed E-state index contributed by atoms with van der Waals surface area (Å²) in [5.74, 6) is 1.86. The fourth-order valence-corrected chi connectivity index (χ4v) is 2.85. The third-order valence-electron chi connectivity index (χ3n) is 3.59. The highest BCUT2D eigenvalue weighted by Gasteiger charge is 2.31. The van der Waals surface area contributed by atoms with Crippen LogP contribution in [0, 0.1) is 5.92 Å². The Bertz CT molecular complexity index is 336. The summed E-state index contributed by atoms with van der Waals surface area (Å²) in [7, 11) is 9.79. The number of likely N-dealkylation sites (tertiary alicyclic amines) is 1. The van der Waals surface area contributed by atoms with Gasteiger partial charge in [0.15, 0.2) is 0 Å². The Kier molecular flexibility index (Phi) is 6.12. The average molecular weight is 270 g/mol. The van der Waals surface area contributed by atoms with Crippen LogP contribution >= 0.6 is 0 Å². The van der Waals surface area contributed by atoms with Gasteiger partial charge in [0.05, 0.1) is 48.4 Å². The van der Waals surface area contributed by atoms with E-state index < -0.39 is 0 Å². The van der Waals surface area contributed by atoms with Crippen LogP contribution in [0.2, 0.25) is 0 Å². The second kappa shape index (κ2) is 7.36. The van der Waals surface area contributed by atoms with Crippen molar-refractivity contribution >= 4 is 11.9 Å². The van der Waals surface area contributed by atoms with E-state index >= 15 is 0 Å². The summed E-state index contributed by atoms with van der Waals surface area (Å²) in [4.78, 5) is 15.7. The number of nitrogens with zero attached hydrogens (tertiary/aromatic N) is 3. The first-order valence-electron chi connectivity index (χ1n) is 6.99. The molecule has 5 nitrogen and oxygen atoms in total. The Morgan fingerprint density at radius 3 is 2.63 bits per heavy atom. The van der Waals surface area contributed by atoms with E-state index in [1.54, 1.807) is 0 Å². The molecular formula is C14H28N3O2+. The molecule has 1 atom stereocenters. The Morgan fingerprint density at radius 2 is 2.11 bits per heavy atom. The molecule has 0 aromatic carbocycles. The lowest BCUT2D eigenvalue weighted by Gasteiger charge is -2.21. The minimum atomic E-state index is -0.0938. The van der Waals surface area contributed by atoms with Crippen molar-refractivity contribution in [3.63, 3.8) is 0 Å². The van der Waals surface area contributed by atoms with Crippen LogP contribution in [0.4, 0.5) is 0 Å². The van der Waals surface area contributed by atoms with Crippen molar-refractivity contribution in [3.05, 3.63) is 0 Å². The normalized spacial score (nSPS) is 18.4. The average Bonchev–Trinajstić information content (AvgIpc) is 2.76. The molecule has 0 amide bonds. The molecule has 1 unspecified atom stereocenters. The minimum Gasteiger partial charge on any atom is -0.469 e. The summed E-state index contributed by atoms with van der Waals surface area (Å²) < 4.78 is 6.83. The van der Waals surface area contributed by atoms with Gasteiger partial charge in [-0.15, -0.1) is 0 Å². The number of hydrogen-bond acceptors (Lipinski definition) is 2. The molecule has 0 saturated carbocycles. The molecule has 0 radical (unpaired) electrons. The molecule has 110 valence electrons. The van der Waals surface area contributed by atoms with Crippen molar-refractivity contribution in [1.82, 2.24) is 9.80 Å². The van der Waals surface area contributed by atoms with Gasteiger partial charge in [-0.05, 0) is 25.2 Å². The molecule has 1 aliphatic rings. The van der Waals surface area contributed by atoms with Gasteiger partial charge in [0.2, 0.25) is 0 Å². The zero-order valence-corrected chi connectivity index (χ0v) is 13.0. The summed E-state index contributed by atoms with van der Waals surface area (Å²) >= 11 is 0. The van der Waals surface area contributed by atoms with Gasteiger partial charge in [-0.2, -0.15) is 0 Å². The summed E-state index contributed by atoms with van der Waals surface area (Å²) in [5, 5.41) is 0. The standard InChI is InChI=1S/C14H28N3O2/c1-15(2)14(16(3)4)17-10-9-12(11-17)7-6-8-13(18)19-5/h12H,6-11H2,1-5H3/q+1. The Balaban J connectivity index is 2.41. The van der Waals surface area contributed by atoms with Crippen LogP contribution in [0.25, 0.3) is 0 Å². The van der Waals surface area contributed by atoms with Crippen LogP contribution in [0.1, 0.15) is 25.7 Å². The van der Waals surface area contributed by atoms with Crippen LogP contribution in [-0.2, 0) is 9.53 Å². The van der Waals surface area contributed by atoms with Gasteiger partial charge < -0.3 is 4.74 Å². The molecule has 1 aliphatic heterocycles. The highest BCUT2D eigenvalue weighted by Crippen LogP contribution is 2.22. The van der Waals surface area contributed by atoms with Gasteiger partial charge >= 0.3 is 11.9 Å². The number of methoxy groups -OCH3 is 1. The number of hydrogen-bond donors (Lipinski definition) is 0. The van der Waals surface area contributed by atoms with E-state index in [4.69, 9.17) is 0 Å². The zero-order valence-electron chi connectivity index (χ0n) is 13.0. The number of ether oxygens (including phenoxy) is 1.